The van der Waals surface area contributed by atoms with Gasteiger partial charge in [-0.1, -0.05) is 47.8 Å². The fourth-order valence-electron chi connectivity index (χ4n) is 3.31. The van der Waals surface area contributed by atoms with Gasteiger partial charge < -0.3 is 4.74 Å². The molecule has 1 fully saturated rings. The van der Waals surface area contributed by atoms with E-state index in [1.807, 2.05) is 0 Å². The van der Waals surface area contributed by atoms with E-state index in [1.165, 1.54) is 36.8 Å². The van der Waals surface area contributed by atoms with Gasteiger partial charge in [-0.2, -0.15) is 0 Å². The molecule has 2 unspecified atom stereocenters. The summed E-state index contributed by atoms with van der Waals surface area (Å²) in [6.07, 6.45) is 5.37. The van der Waals surface area contributed by atoms with Gasteiger partial charge in [0, 0.05) is 10.7 Å². The number of rotatable bonds is 3. The molecule has 0 radical (unpaired) electrons. The summed E-state index contributed by atoms with van der Waals surface area (Å²) in [7, 11) is 1.74. The van der Waals surface area contributed by atoms with Gasteiger partial charge in [0.25, 0.3) is 0 Å². The van der Waals surface area contributed by atoms with Gasteiger partial charge in [-0.3, -0.25) is 0 Å². The Morgan fingerprint density at radius 1 is 1.39 bits per heavy atom. The quantitative estimate of drug-likeness (QED) is 0.725. The zero-order valence-electron chi connectivity index (χ0n) is 11.6. The van der Waals surface area contributed by atoms with Crippen molar-refractivity contribution in [2.24, 2.45) is 5.92 Å². The molecule has 1 aromatic rings. The lowest BCUT2D eigenvalue weighted by atomic mass is 9.64. The van der Waals surface area contributed by atoms with Crippen molar-refractivity contribution < 1.29 is 4.74 Å². The van der Waals surface area contributed by atoms with Crippen molar-refractivity contribution in [2.45, 2.75) is 44.9 Å². The number of benzene rings is 1. The molecule has 0 N–H and O–H groups in total. The number of hydrogen-bond donors (Lipinski definition) is 0. The monoisotopic (exact) mass is 310 g/mol. The third-order valence-corrected chi connectivity index (χ3v) is 5.66. The minimum atomic E-state index is 0.315. The molecule has 18 heavy (non-hydrogen) atoms. The predicted molar refractivity (Wildman–Crippen MR) is 80.8 cm³/mol. The van der Waals surface area contributed by atoms with Gasteiger partial charge in [0.1, 0.15) is 5.75 Å². The van der Waals surface area contributed by atoms with E-state index >= 15 is 0 Å². The molecule has 1 nitrogen and oxygen atoms in total. The highest BCUT2D eigenvalue weighted by atomic mass is 79.9. The van der Waals surface area contributed by atoms with Crippen LogP contribution < -0.4 is 4.74 Å². The van der Waals surface area contributed by atoms with E-state index < -0.39 is 0 Å². The topological polar surface area (TPSA) is 9.23 Å². The highest BCUT2D eigenvalue weighted by Crippen LogP contribution is 2.45. The van der Waals surface area contributed by atoms with E-state index in [9.17, 15) is 0 Å². The van der Waals surface area contributed by atoms with Crippen LogP contribution in [0.25, 0.3) is 0 Å². The molecule has 0 amide bonds. The normalized spacial score (nSPS) is 28.1. The number of aryl methyl sites for hydroxylation is 1. The van der Waals surface area contributed by atoms with E-state index in [1.54, 1.807) is 7.11 Å². The van der Waals surface area contributed by atoms with Gasteiger partial charge in [-0.05, 0) is 42.9 Å². The molecule has 1 aliphatic carbocycles. The summed E-state index contributed by atoms with van der Waals surface area (Å²) in [4.78, 5) is 0. The Labute approximate surface area is 119 Å². The molecule has 100 valence electrons. The molecule has 2 atom stereocenters. The smallest absolute Gasteiger partial charge is 0.121 e. The summed E-state index contributed by atoms with van der Waals surface area (Å²) in [6.45, 7) is 4.54. The zero-order chi connectivity index (χ0) is 13.2. The predicted octanol–water partition coefficient (Wildman–Crippen LogP) is 4.85. The maximum atomic E-state index is 5.37. The lowest BCUT2D eigenvalue weighted by Gasteiger charge is -2.42. The molecule has 2 rings (SSSR count). The van der Waals surface area contributed by atoms with Crippen LogP contribution in [0.15, 0.2) is 18.2 Å². The minimum Gasteiger partial charge on any atom is -0.496 e. The standard InChI is InChI=1S/C16H23BrO/c1-12-10-14(7-8-15(12)18-3)16(11-17)9-5-4-6-13(16)2/h7-8,10,13H,4-6,9,11H2,1-3H3. The van der Waals surface area contributed by atoms with Crippen LogP contribution in [0.4, 0.5) is 0 Å². The van der Waals surface area contributed by atoms with Gasteiger partial charge >= 0.3 is 0 Å². The van der Waals surface area contributed by atoms with Crippen LogP contribution in [0.5, 0.6) is 5.75 Å². The third-order valence-electron chi connectivity index (χ3n) is 4.66. The highest BCUT2D eigenvalue weighted by molar-refractivity contribution is 9.09. The van der Waals surface area contributed by atoms with Crippen LogP contribution in [0.2, 0.25) is 0 Å². The lowest BCUT2D eigenvalue weighted by molar-refractivity contribution is 0.228. The van der Waals surface area contributed by atoms with Crippen molar-refractivity contribution in [3.05, 3.63) is 29.3 Å². The molecule has 0 bridgehead atoms. The fourth-order valence-corrected chi connectivity index (χ4v) is 4.46. The molecule has 0 spiro atoms. The second-order valence-electron chi connectivity index (χ2n) is 5.62. The van der Waals surface area contributed by atoms with E-state index in [4.69, 9.17) is 4.74 Å². The van der Waals surface area contributed by atoms with Crippen LogP contribution in [0.1, 0.15) is 43.7 Å². The molecule has 1 aromatic carbocycles. The summed E-state index contributed by atoms with van der Waals surface area (Å²) >= 11 is 3.77. The van der Waals surface area contributed by atoms with Crippen LogP contribution in [-0.4, -0.2) is 12.4 Å². The third kappa shape index (κ3) is 2.32. The first kappa shape index (κ1) is 13.9. The summed E-state index contributed by atoms with van der Waals surface area (Å²) < 4.78 is 5.37. The summed E-state index contributed by atoms with van der Waals surface area (Å²) in [5, 5.41) is 1.06. The molecule has 2 heteroatoms. The first-order valence-electron chi connectivity index (χ1n) is 6.85. The van der Waals surface area contributed by atoms with E-state index in [2.05, 4.69) is 48.0 Å². The van der Waals surface area contributed by atoms with Crippen molar-refractivity contribution in [2.75, 3.05) is 12.4 Å². The molecule has 1 aliphatic rings. The van der Waals surface area contributed by atoms with Crippen LogP contribution in [-0.2, 0) is 5.41 Å². The Hall–Kier alpha value is -0.500. The van der Waals surface area contributed by atoms with E-state index in [0.717, 1.165) is 17.0 Å². The van der Waals surface area contributed by atoms with Gasteiger partial charge in [-0.25, -0.2) is 0 Å². The summed E-state index contributed by atoms with van der Waals surface area (Å²) in [6, 6.07) is 6.70. The minimum absolute atomic E-state index is 0.315. The molecule has 0 saturated heterocycles. The second kappa shape index (κ2) is 5.64. The van der Waals surface area contributed by atoms with Gasteiger partial charge in [-0.15, -0.1) is 0 Å². The first-order chi connectivity index (χ1) is 8.64. The van der Waals surface area contributed by atoms with E-state index in [0.29, 0.717) is 5.41 Å². The zero-order valence-corrected chi connectivity index (χ0v) is 13.2. The van der Waals surface area contributed by atoms with Gasteiger partial charge in [0.15, 0.2) is 0 Å². The second-order valence-corrected chi connectivity index (χ2v) is 6.18. The lowest BCUT2D eigenvalue weighted by Crippen LogP contribution is -2.38. The Bertz CT molecular complexity index is 416. The fraction of sp³-hybridized carbons (Fsp3) is 0.625. The molecular formula is C16H23BrO. The Morgan fingerprint density at radius 2 is 2.17 bits per heavy atom. The number of methoxy groups -OCH3 is 1. The summed E-state index contributed by atoms with van der Waals surface area (Å²) in [5.74, 6) is 1.74. The molecule has 0 aromatic heterocycles. The molecule has 0 aliphatic heterocycles. The van der Waals surface area contributed by atoms with Gasteiger partial charge in [0.05, 0.1) is 7.11 Å². The van der Waals surface area contributed by atoms with Gasteiger partial charge in [0.2, 0.25) is 0 Å². The average molecular weight is 311 g/mol. The Balaban J connectivity index is 2.40. The van der Waals surface area contributed by atoms with Crippen molar-refractivity contribution in [1.82, 2.24) is 0 Å². The average Bonchev–Trinajstić information content (AvgIpc) is 2.39. The molecule has 0 heterocycles. The van der Waals surface area contributed by atoms with Crippen molar-refractivity contribution in [1.29, 1.82) is 0 Å². The number of hydrogen-bond acceptors (Lipinski definition) is 1. The van der Waals surface area contributed by atoms with Crippen LogP contribution in [0, 0.1) is 12.8 Å². The number of alkyl halides is 1. The SMILES string of the molecule is COc1ccc(C2(CBr)CCCCC2C)cc1C. The van der Waals surface area contributed by atoms with Crippen LogP contribution in [0.3, 0.4) is 0 Å². The Morgan fingerprint density at radius 3 is 2.72 bits per heavy atom. The largest absolute Gasteiger partial charge is 0.496 e. The number of ether oxygens (including phenoxy) is 1. The molecule has 1 saturated carbocycles. The van der Waals surface area contributed by atoms with Crippen molar-refractivity contribution in [3.63, 3.8) is 0 Å². The van der Waals surface area contributed by atoms with Crippen LogP contribution >= 0.6 is 15.9 Å². The highest BCUT2D eigenvalue weighted by Gasteiger charge is 2.38. The Kier molecular flexibility index (Phi) is 4.37. The molecular weight excluding hydrogens is 288 g/mol. The number of halogens is 1. The summed E-state index contributed by atoms with van der Waals surface area (Å²) in [5.41, 5.74) is 3.04. The van der Waals surface area contributed by atoms with Crippen molar-refractivity contribution in [3.8, 4) is 5.75 Å². The first-order valence-corrected chi connectivity index (χ1v) is 7.97. The maximum absolute atomic E-state index is 5.37. The maximum Gasteiger partial charge on any atom is 0.121 e. The van der Waals surface area contributed by atoms with Crippen molar-refractivity contribution >= 4 is 15.9 Å². The van der Waals surface area contributed by atoms with E-state index in [-0.39, 0.29) is 0 Å².